The summed E-state index contributed by atoms with van der Waals surface area (Å²) in [7, 11) is 1.80. The van der Waals surface area contributed by atoms with E-state index in [0.717, 1.165) is 16.8 Å². The zero-order valence-corrected chi connectivity index (χ0v) is 15.2. The smallest absolute Gasteiger partial charge is 0.320 e. The van der Waals surface area contributed by atoms with Crippen molar-refractivity contribution in [1.29, 1.82) is 0 Å². The zero-order valence-electron chi connectivity index (χ0n) is 15.2. The number of rotatable bonds is 5. The van der Waals surface area contributed by atoms with Crippen molar-refractivity contribution in [2.75, 3.05) is 5.32 Å². The van der Waals surface area contributed by atoms with Crippen molar-refractivity contribution in [2.45, 2.75) is 26.3 Å². The molecule has 1 atom stereocenters. The van der Waals surface area contributed by atoms with E-state index in [-0.39, 0.29) is 12.1 Å². The Labute approximate surface area is 153 Å². The van der Waals surface area contributed by atoms with Gasteiger partial charge in [0.2, 0.25) is 0 Å². The van der Waals surface area contributed by atoms with E-state index in [1.54, 1.807) is 24.1 Å². The van der Waals surface area contributed by atoms with Crippen LogP contribution >= 0.6 is 0 Å². The van der Waals surface area contributed by atoms with Crippen LogP contribution in [0, 0.1) is 13.8 Å². The van der Waals surface area contributed by atoms with Gasteiger partial charge in [0.05, 0.1) is 11.7 Å². The van der Waals surface area contributed by atoms with Crippen LogP contribution in [-0.2, 0) is 13.5 Å². The van der Waals surface area contributed by atoms with Gasteiger partial charge in [-0.3, -0.25) is 15.0 Å². The highest BCUT2D eigenvalue weighted by Crippen LogP contribution is 2.19. The Balaban J connectivity index is 1.76. The van der Waals surface area contributed by atoms with Gasteiger partial charge in [0.1, 0.15) is 5.82 Å². The maximum absolute atomic E-state index is 12.5. The van der Waals surface area contributed by atoms with E-state index in [1.807, 2.05) is 25.1 Å². The normalized spacial score (nSPS) is 11.8. The summed E-state index contributed by atoms with van der Waals surface area (Å²) < 4.78 is 1.65. The van der Waals surface area contributed by atoms with Gasteiger partial charge in [0.15, 0.2) is 0 Å². The summed E-state index contributed by atoms with van der Waals surface area (Å²) in [6.45, 7) is 3.95. The van der Waals surface area contributed by atoms with Gasteiger partial charge in [-0.2, -0.15) is 5.10 Å². The monoisotopic (exact) mass is 349 g/mol. The Morgan fingerprint density at radius 3 is 2.58 bits per heavy atom. The number of carbonyl (C=O) groups is 1. The molecule has 2 aromatic heterocycles. The van der Waals surface area contributed by atoms with Crippen LogP contribution in [-0.4, -0.2) is 20.8 Å². The van der Waals surface area contributed by atoms with Crippen molar-refractivity contribution < 1.29 is 4.79 Å². The third-order valence-corrected chi connectivity index (χ3v) is 4.20. The lowest BCUT2D eigenvalue weighted by atomic mass is 9.99. The average Bonchev–Trinajstić information content (AvgIpc) is 2.94. The predicted molar refractivity (Wildman–Crippen MR) is 102 cm³/mol. The van der Waals surface area contributed by atoms with Gasteiger partial charge in [0, 0.05) is 25.5 Å². The summed E-state index contributed by atoms with van der Waals surface area (Å²) in [6, 6.07) is 13.6. The Morgan fingerprint density at radius 2 is 1.96 bits per heavy atom. The first-order chi connectivity index (χ1) is 12.5. The molecule has 0 saturated heterocycles. The Bertz CT molecular complexity index is 871. The minimum Gasteiger partial charge on any atom is -0.331 e. The Kier molecular flexibility index (Phi) is 5.31. The highest BCUT2D eigenvalue weighted by Gasteiger charge is 2.16. The maximum atomic E-state index is 12.5. The molecule has 3 aromatic rings. The lowest BCUT2D eigenvalue weighted by Gasteiger charge is -2.19. The third kappa shape index (κ3) is 4.47. The minimum atomic E-state index is -0.269. The number of aromatic nitrogens is 3. The van der Waals surface area contributed by atoms with Gasteiger partial charge in [-0.1, -0.05) is 35.9 Å². The predicted octanol–water partition coefficient (Wildman–Crippen LogP) is 3.54. The van der Waals surface area contributed by atoms with Gasteiger partial charge in [-0.25, -0.2) is 4.79 Å². The molecular formula is C20H23N5O. The molecule has 0 aliphatic rings. The fraction of sp³-hybridized carbons (Fsp3) is 0.250. The maximum Gasteiger partial charge on any atom is 0.320 e. The van der Waals surface area contributed by atoms with E-state index >= 15 is 0 Å². The highest BCUT2D eigenvalue weighted by atomic mass is 16.2. The van der Waals surface area contributed by atoms with Crippen LogP contribution in [0.25, 0.3) is 0 Å². The molecule has 0 aliphatic heterocycles. The molecule has 0 aliphatic carbocycles. The molecule has 3 rings (SSSR count). The second-order valence-electron chi connectivity index (χ2n) is 6.42. The quantitative estimate of drug-likeness (QED) is 0.740. The van der Waals surface area contributed by atoms with Crippen LogP contribution in [0.3, 0.4) is 0 Å². The van der Waals surface area contributed by atoms with Crippen molar-refractivity contribution in [3.8, 4) is 0 Å². The molecule has 0 fully saturated rings. The summed E-state index contributed by atoms with van der Waals surface area (Å²) in [5.41, 5.74) is 4.18. The Morgan fingerprint density at radius 1 is 1.19 bits per heavy atom. The second kappa shape index (κ2) is 7.82. The second-order valence-corrected chi connectivity index (χ2v) is 6.42. The van der Waals surface area contributed by atoms with E-state index < -0.39 is 0 Å². The summed E-state index contributed by atoms with van der Waals surface area (Å²) in [6.07, 6.45) is 4.20. The molecule has 6 heteroatoms. The molecule has 26 heavy (non-hydrogen) atoms. The molecule has 2 heterocycles. The van der Waals surface area contributed by atoms with Crippen LogP contribution < -0.4 is 10.6 Å². The average molecular weight is 349 g/mol. The van der Waals surface area contributed by atoms with Gasteiger partial charge in [-0.15, -0.1) is 0 Å². The number of nitrogens with one attached hydrogen (secondary N) is 2. The zero-order chi connectivity index (χ0) is 18.5. The van der Waals surface area contributed by atoms with E-state index in [9.17, 15) is 4.79 Å². The van der Waals surface area contributed by atoms with Crippen molar-refractivity contribution in [2.24, 2.45) is 7.05 Å². The number of carbonyl (C=O) groups excluding carboxylic acids is 1. The number of hydrogen-bond acceptors (Lipinski definition) is 3. The summed E-state index contributed by atoms with van der Waals surface area (Å²) in [5.74, 6) is 0.653. The number of nitrogens with zero attached hydrogens (tertiary/aromatic N) is 3. The molecule has 0 saturated carbocycles. The van der Waals surface area contributed by atoms with E-state index in [4.69, 9.17) is 0 Å². The van der Waals surface area contributed by atoms with Crippen LogP contribution in [0.5, 0.6) is 0 Å². The van der Waals surface area contributed by atoms with Crippen molar-refractivity contribution in [1.82, 2.24) is 20.1 Å². The summed E-state index contributed by atoms with van der Waals surface area (Å²) in [4.78, 5) is 16.7. The summed E-state index contributed by atoms with van der Waals surface area (Å²) >= 11 is 0. The molecule has 0 spiro atoms. The molecule has 0 bridgehead atoms. The van der Waals surface area contributed by atoms with E-state index in [2.05, 4.69) is 51.9 Å². The molecule has 0 unspecified atom stereocenters. The highest BCUT2D eigenvalue weighted by molar-refractivity contribution is 5.88. The number of hydrogen-bond donors (Lipinski definition) is 2. The molecule has 6 nitrogen and oxygen atoms in total. The van der Waals surface area contributed by atoms with Gasteiger partial charge >= 0.3 is 6.03 Å². The van der Waals surface area contributed by atoms with E-state index in [0.29, 0.717) is 12.2 Å². The standard InChI is InChI=1S/C20H23N5O/c1-14-6-8-16(9-7-14)12-18(17-5-4-10-21-13-17)22-20(26)23-19-11-15(2)24-25(19)3/h4-11,13,18H,12H2,1-3H3,(H2,22,23,26)/t18-/m0/s1. The largest absolute Gasteiger partial charge is 0.331 e. The molecule has 2 amide bonds. The first kappa shape index (κ1) is 17.7. The van der Waals surface area contributed by atoms with E-state index in [1.165, 1.54) is 5.56 Å². The van der Waals surface area contributed by atoms with Crippen LogP contribution in [0.15, 0.2) is 54.9 Å². The number of amides is 2. The lowest BCUT2D eigenvalue weighted by Crippen LogP contribution is -2.34. The summed E-state index contributed by atoms with van der Waals surface area (Å²) in [5, 5.41) is 10.1. The number of aryl methyl sites for hydroxylation is 3. The fourth-order valence-electron chi connectivity index (χ4n) is 2.83. The lowest BCUT2D eigenvalue weighted by molar-refractivity contribution is 0.248. The van der Waals surface area contributed by atoms with Crippen molar-refractivity contribution in [3.05, 3.63) is 77.2 Å². The number of urea groups is 1. The first-order valence-electron chi connectivity index (χ1n) is 8.55. The Hall–Kier alpha value is -3.15. The van der Waals surface area contributed by atoms with Crippen molar-refractivity contribution >= 4 is 11.8 Å². The van der Waals surface area contributed by atoms with Gasteiger partial charge in [0.25, 0.3) is 0 Å². The molecule has 1 aromatic carbocycles. The SMILES string of the molecule is Cc1ccc(C[C@H](NC(=O)Nc2cc(C)nn2C)c2cccnc2)cc1. The number of anilines is 1. The first-order valence-corrected chi connectivity index (χ1v) is 8.55. The number of benzene rings is 1. The minimum absolute atomic E-state index is 0.180. The van der Waals surface area contributed by atoms with Crippen LogP contribution in [0.4, 0.5) is 10.6 Å². The topological polar surface area (TPSA) is 71.8 Å². The molecule has 134 valence electrons. The molecule has 0 radical (unpaired) electrons. The molecule has 2 N–H and O–H groups in total. The van der Waals surface area contributed by atoms with Crippen LogP contribution in [0.1, 0.15) is 28.4 Å². The molecular weight excluding hydrogens is 326 g/mol. The van der Waals surface area contributed by atoms with Crippen molar-refractivity contribution in [3.63, 3.8) is 0 Å². The third-order valence-electron chi connectivity index (χ3n) is 4.20. The van der Waals surface area contributed by atoms with Gasteiger partial charge in [-0.05, 0) is 37.5 Å². The number of pyridine rings is 1. The van der Waals surface area contributed by atoms with Crippen LogP contribution in [0.2, 0.25) is 0 Å². The fourth-order valence-corrected chi connectivity index (χ4v) is 2.83. The van der Waals surface area contributed by atoms with Gasteiger partial charge < -0.3 is 5.32 Å².